The van der Waals surface area contributed by atoms with Crippen LogP contribution in [-0.4, -0.2) is 15.0 Å². The Hall–Kier alpha value is -7.21. The number of para-hydroxylation sites is 1. The van der Waals surface area contributed by atoms with Crippen LogP contribution in [0.25, 0.3) is 109 Å². The zero-order valence-electron chi connectivity index (χ0n) is 30.1. The zero-order chi connectivity index (χ0) is 37.0. The van der Waals surface area contributed by atoms with E-state index in [4.69, 9.17) is 14.4 Å². The maximum atomic E-state index is 6.70. The highest BCUT2D eigenvalue weighted by atomic mass is 32.1. The summed E-state index contributed by atoms with van der Waals surface area (Å²) in [6.45, 7) is 0. The molecule has 4 nitrogen and oxygen atoms in total. The third-order valence-corrected chi connectivity index (χ3v) is 11.8. The first-order valence-corrected chi connectivity index (χ1v) is 19.5. The summed E-state index contributed by atoms with van der Waals surface area (Å²) in [5.41, 5.74) is 13.2. The number of furan rings is 1. The molecule has 0 aliphatic rings. The van der Waals surface area contributed by atoms with E-state index in [1.165, 1.54) is 25.7 Å². The Bertz CT molecular complexity index is 3220. The number of rotatable bonds is 6. The molecule has 0 N–H and O–H groups in total. The molecule has 0 unspecified atom stereocenters. The minimum atomic E-state index is 0.687. The second kappa shape index (κ2) is 13.3. The number of fused-ring (bicyclic) bond motifs is 6. The van der Waals surface area contributed by atoms with E-state index in [0.717, 1.165) is 77.8 Å². The van der Waals surface area contributed by atoms with Crippen molar-refractivity contribution in [3.05, 3.63) is 188 Å². The highest BCUT2D eigenvalue weighted by molar-refractivity contribution is 7.25. The molecular formula is C51H31N3OS. The Morgan fingerprint density at radius 3 is 1.80 bits per heavy atom. The van der Waals surface area contributed by atoms with Crippen LogP contribution in [-0.2, 0) is 0 Å². The number of nitrogens with zero attached hydrogens (tertiary/aromatic N) is 3. The van der Waals surface area contributed by atoms with E-state index in [0.29, 0.717) is 5.82 Å². The molecular weight excluding hydrogens is 703 g/mol. The van der Waals surface area contributed by atoms with E-state index in [9.17, 15) is 0 Å². The number of pyridine rings is 1. The van der Waals surface area contributed by atoms with Crippen LogP contribution in [0.3, 0.4) is 0 Å². The van der Waals surface area contributed by atoms with Gasteiger partial charge in [0.15, 0.2) is 5.82 Å². The van der Waals surface area contributed by atoms with E-state index < -0.39 is 0 Å². The van der Waals surface area contributed by atoms with Gasteiger partial charge < -0.3 is 4.42 Å². The van der Waals surface area contributed by atoms with Crippen LogP contribution in [0.2, 0.25) is 0 Å². The third kappa shape index (κ3) is 5.56. The van der Waals surface area contributed by atoms with Crippen LogP contribution in [0.5, 0.6) is 0 Å². The van der Waals surface area contributed by atoms with Crippen molar-refractivity contribution in [1.82, 2.24) is 15.0 Å². The highest BCUT2D eigenvalue weighted by Crippen LogP contribution is 2.44. The van der Waals surface area contributed by atoms with E-state index in [2.05, 4.69) is 151 Å². The number of thiophene rings is 1. The van der Waals surface area contributed by atoms with Gasteiger partial charge in [-0.15, -0.1) is 11.3 Å². The molecule has 56 heavy (non-hydrogen) atoms. The first kappa shape index (κ1) is 32.2. The fourth-order valence-corrected chi connectivity index (χ4v) is 8.92. The monoisotopic (exact) mass is 733 g/mol. The SMILES string of the molecule is c1ccc(-c2nc(-c3ccc(-c4cccnc4)cc3)cc(-c3ccc(-c4ccc(-c5ccc6sc7ccccc7c6c5)c5c4oc4ccccc45)cc3)n2)cc1. The maximum Gasteiger partial charge on any atom is 0.160 e. The molecule has 7 aromatic carbocycles. The molecule has 0 fully saturated rings. The summed E-state index contributed by atoms with van der Waals surface area (Å²) in [7, 11) is 0. The van der Waals surface area contributed by atoms with Crippen LogP contribution in [0.4, 0.5) is 0 Å². The largest absolute Gasteiger partial charge is 0.455 e. The average molecular weight is 734 g/mol. The Morgan fingerprint density at radius 2 is 1.04 bits per heavy atom. The molecule has 0 aliphatic heterocycles. The predicted molar refractivity (Wildman–Crippen MR) is 233 cm³/mol. The van der Waals surface area contributed by atoms with E-state index >= 15 is 0 Å². The van der Waals surface area contributed by atoms with Gasteiger partial charge in [0.25, 0.3) is 0 Å². The fraction of sp³-hybridized carbons (Fsp3) is 0. The smallest absolute Gasteiger partial charge is 0.160 e. The van der Waals surface area contributed by atoms with Crippen LogP contribution >= 0.6 is 11.3 Å². The van der Waals surface area contributed by atoms with Gasteiger partial charge in [0, 0.05) is 65.6 Å². The predicted octanol–water partition coefficient (Wildman–Crippen LogP) is 14.1. The summed E-state index contributed by atoms with van der Waals surface area (Å²) in [6.07, 6.45) is 3.68. The van der Waals surface area contributed by atoms with Gasteiger partial charge in [0.05, 0.1) is 11.4 Å². The second-order valence-corrected chi connectivity index (χ2v) is 15.1. The van der Waals surface area contributed by atoms with Crippen LogP contribution < -0.4 is 0 Å². The summed E-state index contributed by atoms with van der Waals surface area (Å²) in [5.74, 6) is 0.687. The maximum absolute atomic E-state index is 6.70. The molecule has 11 rings (SSSR count). The van der Waals surface area contributed by atoms with Crippen LogP contribution in [0.1, 0.15) is 0 Å². The van der Waals surface area contributed by atoms with Gasteiger partial charge in [-0.1, -0.05) is 133 Å². The summed E-state index contributed by atoms with van der Waals surface area (Å²) in [6, 6.07) is 61.7. The van der Waals surface area contributed by atoms with Crippen molar-refractivity contribution in [2.75, 3.05) is 0 Å². The highest BCUT2D eigenvalue weighted by Gasteiger charge is 2.19. The molecule has 0 spiro atoms. The lowest BCUT2D eigenvalue weighted by Gasteiger charge is -2.11. The van der Waals surface area contributed by atoms with Crippen molar-refractivity contribution in [3.8, 4) is 67.3 Å². The molecule has 0 bridgehead atoms. The van der Waals surface area contributed by atoms with Crippen molar-refractivity contribution < 1.29 is 4.42 Å². The van der Waals surface area contributed by atoms with Gasteiger partial charge in [-0.05, 0) is 70.3 Å². The van der Waals surface area contributed by atoms with Crippen molar-refractivity contribution in [3.63, 3.8) is 0 Å². The van der Waals surface area contributed by atoms with Crippen molar-refractivity contribution >= 4 is 53.4 Å². The molecule has 0 saturated carbocycles. The van der Waals surface area contributed by atoms with Gasteiger partial charge in [-0.3, -0.25) is 4.98 Å². The Kier molecular flexibility index (Phi) is 7.64. The number of aromatic nitrogens is 3. The van der Waals surface area contributed by atoms with E-state index in [1.807, 2.05) is 47.9 Å². The molecule has 0 saturated heterocycles. The van der Waals surface area contributed by atoms with Crippen molar-refractivity contribution in [2.24, 2.45) is 0 Å². The van der Waals surface area contributed by atoms with Crippen molar-refractivity contribution in [2.45, 2.75) is 0 Å². The lowest BCUT2D eigenvalue weighted by Crippen LogP contribution is -1.96. The summed E-state index contributed by atoms with van der Waals surface area (Å²) >= 11 is 1.84. The lowest BCUT2D eigenvalue weighted by molar-refractivity contribution is 0.670. The van der Waals surface area contributed by atoms with E-state index in [-0.39, 0.29) is 0 Å². The van der Waals surface area contributed by atoms with E-state index in [1.54, 1.807) is 6.20 Å². The molecule has 0 atom stereocenters. The Balaban J connectivity index is 1.00. The molecule has 0 radical (unpaired) electrons. The molecule has 0 amide bonds. The van der Waals surface area contributed by atoms with Gasteiger partial charge >= 0.3 is 0 Å². The number of hydrogen-bond acceptors (Lipinski definition) is 5. The average Bonchev–Trinajstić information content (AvgIpc) is 3.85. The first-order valence-electron chi connectivity index (χ1n) is 18.7. The summed E-state index contributed by atoms with van der Waals surface area (Å²) in [4.78, 5) is 14.4. The topological polar surface area (TPSA) is 51.8 Å². The van der Waals surface area contributed by atoms with Gasteiger partial charge in [0.1, 0.15) is 11.2 Å². The van der Waals surface area contributed by atoms with Crippen molar-refractivity contribution in [1.29, 1.82) is 0 Å². The number of hydrogen-bond donors (Lipinski definition) is 0. The molecule has 5 heteroatoms. The quantitative estimate of drug-likeness (QED) is 0.171. The number of benzene rings is 7. The molecule has 4 heterocycles. The van der Waals surface area contributed by atoms with Gasteiger partial charge in [-0.2, -0.15) is 0 Å². The normalized spacial score (nSPS) is 11.6. The third-order valence-electron chi connectivity index (χ3n) is 10.6. The lowest BCUT2D eigenvalue weighted by atomic mass is 9.93. The Labute approximate surface area is 327 Å². The second-order valence-electron chi connectivity index (χ2n) is 14.0. The molecule has 4 aromatic heterocycles. The van der Waals surface area contributed by atoms with Crippen LogP contribution in [0, 0.1) is 0 Å². The summed E-state index contributed by atoms with van der Waals surface area (Å²) in [5, 5.41) is 4.82. The van der Waals surface area contributed by atoms with Gasteiger partial charge in [0.2, 0.25) is 0 Å². The minimum absolute atomic E-state index is 0.687. The van der Waals surface area contributed by atoms with Crippen LogP contribution in [0.15, 0.2) is 193 Å². The Morgan fingerprint density at radius 1 is 0.411 bits per heavy atom. The minimum Gasteiger partial charge on any atom is -0.455 e. The standard InChI is InChI=1S/C51H31N3OS/c1-2-9-36(10-3-1)51-53-44(34-20-16-32(17-21-34)38-11-8-28-52-31-38)30-45(54-51)35-22-18-33(19-23-35)40-26-25-39(49-42-13-4-6-14-46(42)55-50(40)49)37-24-27-48-43(29-37)41-12-5-7-15-47(41)56-48/h1-31H. The first-order chi connectivity index (χ1) is 27.7. The molecule has 11 aromatic rings. The zero-order valence-corrected chi connectivity index (χ0v) is 30.9. The fourth-order valence-electron chi connectivity index (χ4n) is 7.84. The summed E-state index contributed by atoms with van der Waals surface area (Å²) < 4.78 is 9.31. The molecule has 262 valence electrons. The van der Waals surface area contributed by atoms with Gasteiger partial charge in [-0.25, -0.2) is 9.97 Å². The molecule has 0 aliphatic carbocycles.